The minimum atomic E-state index is -2.85. The summed E-state index contributed by atoms with van der Waals surface area (Å²) in [7, 11) is 0. The van der Waals surface area contributed by atoms with E-state index >= 15 is 0 Å². The van der Waals surface area contributed by atoms with Gasteiger partial charge in [0.05, 0.1) is 6.61 Å². The quantitative estimate of drug-likeness (QED) is 0.434. The number of anilines is 2. The Labute approximate surface area is 217 Å². The van der Waals surface area contributed by atoms with Gasteiger partial charge in [0.15, 0.2) is 0 Å². The van der Waals surface area contributed by atoms with Crippen LogP contribution in [-0.4, -0.2) is 76.9 Å². The third-order valence-electron chi connectivity index (χ3n) is 6.31. The van der Waals surface area contributed by atoms with Gasteiger partial charge in [0.2, 0.25) is 5.95 Å². The molecule has 1 aliphatic carbocycles. The van der Waals surface area contributed by atoms with Crippen molar-refractivity contribution in [3.8, 4) is 0 Å². The summed E-state index contributed by atoms with van der Waals surface area (Å²) >= 11 is 0. The molecular formula is C25H40F2N6O4. The maximum Gasteiger partial charge on any atom is 0.410 e. The predicted molar refractivity (Wildman–Crippen MR) is 136 cm³/mol. The molecule has 2 heterocycles. The van der Waals surface area contributed by atoms with Crippen LogP contribution in [0, 0.1) is 0 Å². The molecule has 0 unspecified atom stereocenters. The molecular weight excluding hydrogens is 486 g/mol. The minimum absolute atomic E-state index is 0.0990. The van der Waals surface area contributed by atoms with Crippen molar-refractivity contribution >= 4 is 23.8 Å². The first-order chi connectivity index (χ1) is 17.5. The van der Waals surface area contributed by atoms with Crippen LogP contribution >= 0.6 is 0 Å². The fraction of sp³-hybridized carbons (Fsp3) is 0.760. The summed E-state index contributed by atoms with van der Waals surface area (Å²) in [6.07, 6.45) is 7.68. The van der Waals surface area contributed by atoms with E-state index in [2.05, 4.69) is 30.7 Å². The molecule has 1 aliphatic heterocycles. The molecule has 1 saturated heterocycles. The fourth-order valence-electron chi connectivity index (χ4n) is 4.44. The van der Waals surface area contributed by atoms with Gasteiger partial charge in [-0.25, -0.2) is 9.78 Å². The summed E-state index contributed by atoms with van der Waals surface area (Å²) in [4.78, 5) is 36.0. The smallest absolute Gasteiger partial charge is 0.410 e. The van der Waals surface area contributed by atoms with E-state index < -0.39 is 18.3 Å². The average Bonchev–Trinajstić information content (AvgIpc) is 2.83. The van der Waals surface area contributed by atoms with Crippen molar-refractivity contribution in [2.75, 3.05) is 30.3 Å². The number of piperidine rings is 1. The van der Waals surface area contributed by atoms with Gasteiger partial charge >= 0.3 is 12.7 Å². The van der Waals surface area contributed by atoms with Crippen molar-refractivity contribution in [2.24, 2.45) is 0 Å². The van der Waals surface area contributed by atoms with Crippen LogP contribution in [0.1, 0.15) is 83.0 Å². The minimum Gasteiger partial charge on any atom is -0.444 e. The summed E-state index contributed by atoms with van der Waals surface area (Å²) in [5, 5.41) is 9.41. The van der Waals surface area contributed by atoms with E-state index in [0.29, 0.717) is 37.3 Å². The third-order valence-corrected chi connectivity index (χ3v) is 6.31. The number of aromatic nitrogens is 2. The van der Waals surface area contributed by atoms with Crippen LogP contribution in [0.3, 0.4) is 0 Å². The summed E-state index contributed by atoms with van der Waals surface area (Å²) in [5.74, 6) is 0.343. The first kappa shape index (κ1) is 28.8. The number of carbonyl (C=O) groups is 2. The van der Waals surface area contributed by atoms with Crippen LogP contribution in [0.15, 0.2) is 6.20 Å². The van der Waals surface area contributed by atoms with E-state index in [1.54, 1.807) is 11.8 Å². The van der Waals surface area contributed by atoms with E-state index in [9.17, 15) is 18.4 Å². The zero-order valence-corrected chi connectivity index (χ0v) is 22.2. The molecule has 208 valence electrons. The molecule has 1 atom stereocenters. The number of carbonyl (C=O) groups excluding carboxylic acids is 2. The molecule has 37 heavy (non-hydrogen) atoms. The predicted octanol–water partition coefficient (Wildman–Crippen LogP) is 4.39. The van der Waals surface area contributed by atoms with Gasteiger partial charge < -0.3 is 30.3 Å². The number of amides is 2. The Morgan fingerprint density at radius 2 is 1.78 bits per heavy atom. The molecule has 1 saturated carbocycles. The van der Waals surface area contributed by atoms with Crippen molar-refractivity contribution in [2.45, 2.75) is 103 Å². The van der Waals surface area contributed by atoms with Gasteiger partial charge in [-0.05, 0) is 53.4 Å². The van der Waals surface area contributed by atoms with E-state index in [1.165, 1.54) is 12.6 Å². The third kappa shape index (κ3) is 9.56. The molecule has 1 aromatic heterocycles. The number of rotatable bonds is 9. The zero-order chi connectivity index (χ0) is 27.0. The summed E-state index contributed by atoms with van der Waals surface area (Å²) < 4.78 is 34.5. The number of nitrogens with zero attached hydrogens (tertiary/aromatic N) is 3. The number of likely N-dealkylation sites (tertiary alicyclic amines) is 1. The van der Waals surface area contributed by atoms with Gasteiger partial charge in [0.25, 0.3) is 5.91 Å². The van der Waals surface area contributed by atoms with E-state index in [-0.39, 0.29) is 36.6 Å². The number of nitrogens with one attached hydrogen (secondary N) is 3. The van der Waals surface area contributed by atoms with Gasteiger partial charge in [0, 0.05) is 37.4 Å². The lowest BCUT2D eigenvalue weighted by Gasteiger charge is -2.33. The van der Waals surface area contributed by atoms with Gasteiger partial charge in [-0.1, -0.05) is 19.3 Å². The Morgan fingerprint density at radius 3 is 2.41 bits per heavy atom. The van der Waals surface area contributed by atoms with Crippen LogP contribution < -0.4 is 16.0 Å². The molecule has 2 aliphatic rings. The Morgan fingerprint density at radius 1 is 1.11 bits per heavy atom. The summed E-state index contributed by atoms with van der Waals surface area (Å²) in [6, 6.07) is -0.357. The lowest BCUT2D eigenvalue weighted by Crippen LogP contribution is -2.48. The first-order valence-electron chi connectivity index (χ1n) is 13.1. The number of alkyl halides is 2. The second-order valence-corrected chi connectivity index (χ2v) is 10.8. The van der Waals surface area contributed by atoms with Crippen molar-refractivity contribution in [3.63, 3.8) is 0 Å². The SMILES string of the molecule is C[C@@H](COC(F)F)Nc1ncc(C(=O)NC2CCN(C(=O)OC(C)(C)C)CC2)c(NC2CCCCC2)n1. The van der Waals surface area contributed by atoms with Crippen LogP contribution in [0.4, 0.5) is 25.3 Å². The van der Waals surface area contributed by atoms with Crippen molar-refractivity contribution < 1.29 is 27.8 Å². The van der Waals surface area contributed by atoms with Crippen LogP contribution in [0.5, 0.6) is 0 Å². The maximum absolute atomic E-state index is 13.2. The highest BCUT2D eigenvalue weighted by atomic mass is 19.3. The Kier molecular flexibility index (Phi) is 10.2. The topological polar surface area (TPSA) is 118 Å². The first-order valence-corrected chi connectivity index (χ1v) is 13.1. The van der Waals surface area contributed by atoms with E-state index in [1.807, 2.05) is 20.8 Å². The molecule has 1 aromatic rings. The molecule has 0 spiro atoms. The second kappa shape index (κ2) is 13.2. The largest absolute Gasteiger partial charge is 0.444 e. The highest BCUT2D eigenvalue weighted by Crippen LogP contribution is 2.24. The van der Waals surface area contributed by atoms with Crippen LogP contribution in [0.25, 0.3) is 0 Å². The highest BCUT2D eigenvalue weighted by Gasteiger charge is 2.29. The van der Waals surface area contributed by atoms with Gasteiger partial charge in [-0.15, -0.1) is 0 Å². The molecule has 0 bridgehead atoms. The fourth-order valence-corrected chi connectivity index (χ4v) is 4.44. The van der Waals surface area contributed by atoms with Gasteiger partial charge in [0.1, 0.15) is 17.0 Å². The molecule has 2 amide bonds. The molecule has 3 rings (SSSR count). The van der Waals surface area contributed by atoms with Crippen LogP contribution in [0.2, 0.25) is 0 Å². The number of hydrogen-bond donors (Lipinski definition) is 3. The number of ether oxygens (including phenoxy) is 2. The Balaban J connectivity index is 1.64. The Bertz CT molecular complexity index is 900. The van der Waals surface area contributed by atoms with Gasteiger partial charge in [-0.2, -0.15) is 13.8 Å². The normalized spacial score (nSPS) is 18.4. The van der Waals surface area contributed by atoms with Crippen molar-refractivity contribution in [3.05, 3.63) is 11.8 Å². The molecule has 10 nitrogen and oxygen atoms in total. The monoisotopic (exact) mass is 526 g/mol. The molecule has 0 radical (unpaired) electrons. The Hall–Kier alpha value is -2.76. The van der Waals surface area contributed by atoms with Crippen molar-refractivity contribution in [1.29, 1.82) is 0 Å². The second-order valence-electron chi connectivity index (χ2n) is 10.8. The average molecular weight is 527 g/mol. The highest BCUT2D eigenvalue weighted by molar-refractivity contribution is 5.98. The maximum atomic E-state index is 13.2. The number of hydrogen-bond acceptors (Lipinski definition) is 8. The molecule has 0 aromatic carbocycles. The van der Waals surface area contributed by atoms with Crippen molar-refractivity contribution in [1.82, 2.24) is 20.2 Å². The zero-order valence-electron chi connectivity index (χ0n) is 22.2. The molecule has 3 N–H and O–H groups in total. The summed E-state index contributed by atoms with van der Waals surface area (Å²) in [6.45, 7) is 5.10. The standard InChI is InChI=1S/C25H40F2N6O4/c1-16(15-36-22(26)27)29-23-28-14-19(20(32-23)30-17-8-6-5-7-9-17)21(34)31-18-10-12-33(13-11-18)24(35)37-25(2,3)4/h14,16-18,22H,5-13,15H2,1-4H3,(H,31,34)(H2,28,29,30,32)/t16-/m0/s1. The number of halogens is 2. The lowest BCUT2D eigenvalue weighted by molar-refractivity contribution is -0.130. The van der Waals surface area contributed by atoms with Crippen LogP contribution in [-0.2, 0) is 9.47 Å². The molecule has 12 heteroatoms. The lowest BCUT2D eigenvalue weighted by atomic mass is 9.95. The van der Waals surface area contributed by atoms with E-state index in [0.717, 1.165) is 25.7 Å². The summed E-state index contributed by atoms with van der Waals surface area (Å²) in [5.41, 5.74) is -0.235. The molecule has 2 fully saturated rings. The van der Waals surface area contributed by atoms with E-state index in [4.69, 9.17) is 4.74 Å². The van der Waals surface area contributed by atoms with Gasteiger partial charge in [-0.3, -0.25) is 4.79 Å².